The van der Waals surface area contributed by atoms with Crippen LogP contribution in [0.5, 0.6) is 0 Å². The molecule has 134 valence electrons. The fourth-order valence-electron chi connectivity index (χ4n) is 4.06. The summed E-state index contributed by atoms with van der Waals surface area (Å²) in [4.78, 5) is 12.2. The number of hydrogen-bond acceptors (Lipinski definition) is 3. The van der Waals surface area contributed by atoms with Gasteiger partial charge in [0.05, 0.1) is 5.69 Å². The molecule has 2 saturated heterocycles. The van der Waals surface area contributed by atoms with Gasteiger partial charge in [0.25, 0.3) is 0 Å². The predicted octanol–water partition coefficient (Wildman–Crippen LogP) is 2.83. The third-order valence-electron chi connectivity index (χ3n) is 5.24. The van der Waals surface area contributed by atoms with Crippen molar-refractivity contribution < 1.29 is 4.79 Å². The van der Waals surface area contributed by atoms with Gasteiger partial charge < -0.3 is 10.6 Å². The van der Waals surface area contributed by atoms with Gasteiger partial charge in [0, 0.05) is 37.4 Å². The molecule has 2 unspecified atom stereocenters. The van der Waals surface area contributed by atoms with Gasteiger partial charge >= 0.3 is 0 Å². The van der Waals surface area contributed by atoms with Crippen LogP contribution in [0.25, 0.3) is 5.69 Å². The molecule has 6 heteroatoms. The van der Waals surface area contributed by atoms with Crippen LogP contribution < -0.4 is 10.6 Å². The van der Waals surface area contributed by atoms with Crippen LogP contribution in [0, 0.1) is 5.92 Å². The molecule has 2 N–H and O–H groups in total. The zero-order valence-electron chi connectivity index (χ0n) is 14.2. The Hall–Kier alpha value is -1.85. The molecular weight excluding hydrogens is 336 g/mol. The minimum atomic E-state index is 0. The predicted molar refractivity (Wildman–Crippen MR) is 99.9 cm³/mol. The Morgan fingerprint density at radius 2 is 1.92 bits per heavy atom. The third-order valence-corrected chi connectivity index (χ3v) is 5.24. The Balaban J connectivity index is 0.00000182. The first kappa shape index (κ1) is 18.0. The van der Waals surface area contributed by atoms with Crippen LogP contribution in [0.15, 0.2) is 42.7 Å². The van der Waals surface area contributed by atoms with Crippen molar-refractivity contribution in [3.8, 4) is 5.69 Å². The largest absolute Gasteiger partial charge is 0.352 e. The minimum absolute atomic E-state index is 0. The molecular formula is C19H25ClN4O. The number of piperidine rings is 1. The van der Waals surface area contributed by atoms with Crippen molar-refractivity contribution in [3.63, 3.8) is 0 Å². The Morgan fingerprint density at radius 1 is 1.20 bits per heavy atom. The smallest absolute Gasteiger partial charge is 0.220 e. The second-order valence-corrected chi connectivity index (χ2v) is 7.07. The van der Waals surface area contributed by atoms with E-state index in [1.54, 1.807) is 6.20 Å². The Kier molecular flexibility index (Phi) is 5.76. The van der Waals surface area contributed by atoms with E-state index in [1.807, 2.05) is 41.2 Å². The number of fused-ring (bicyclic) bond motifs is 2. The Morgan fingerprint density at radius 3 is 2.56 bits per heavy atom. The number of hydrogen-bond donors (Lipinski definition) is 2. The first-order valence-electron chi connectivity index (χ1n) is 8.88. The van der Waals surface area contributed by atoms with Crippen molar-refractivity contribution in [2.24, 2.45) is 5.92 Å². The lowest BCUT2D eigenvalue weighted by molar-refractivity contribution is -0.122. The van der Waals surface area contributed by atoms with Gasteiger partial charge in [-0.25, -0.2) is 4.68 Å². The molecule has 1 aromatic carbocycles. The maximum Gasteiger partial charge on any atom is 0.220 e. The van der Waals surface area contributed by atoms with Crippen LogP contribution in [0.1, 0.15) is 37.7 Å². The topological polar surface area (TPSA) is 59.0 Å². The Labute approximate surface area is 154 Å². The summed E-state index contributed by atoms with van der Waals surface area (Å²) in [5, 5.41) is 10.9. The molecule has 2 fully saturated rings. The number of rotatable bonds is 5. The van der Waals surface area contributed by atoms with E-state index < -0.39 is 0 Å². The second-order valence-electron chi connectivity index (χ2n) is 7.07. The van der Waals surface area contributed by atoms with E-state index in [4.69, 9.17) is 0 Å². The van der Waals surface area contributed by atoms with E-state index in [0.717, 1.165) is 24.1 Å². The monoisotopic (exact) mass is 360 g/mol. The fourth-order valence-corrected chi connectivity index (χ4v) is 4.06. The van der Waals surface area contributed by atoms with Crippen LogP contribution in [0.3, 0.4) is 0 Å². The van der Waals surface area contributed by atoms with Crippen molar-refractivity contribution >= 4 is 18.3 Å². The number of carbonyl (C=O) groups excluding carboxylic acids is 1. The minimum Gasteiger partial charge on any atom is -0.352 e. The average Bonchev–Trinajstić information content (AvgIpc) is 3.23. The molecule has 0 radical (unpaired) electrons. The van der Waals surface area contributed by atoms with E-state index in [-0.39, 0.29) is 18.3 Å². The van der Waals surface area contributed by atoms with Gasteiger partial charge in [-0.15, -0.1) is 12.4 Å². The number of nitrogens with one attached hydrogen (secondary N) is 2. The molecule has 0 saturated carbocycles. The van der Waals surface area contributed by atoms with Crippen LogP contribution in [-0.2, 0) is 11.3 Å². The molecule has 0 aliphatic carbocycles. The van der Waals surface area contributed by atoms with E-state index in [2.05, 4.69) is 15.7 Å². The number of carbonyl (C=O) groups is 1. The first-order chi connectivity index (χ1) is 11.8. The van der Waals surface area contributed by atoms with Crippen molar-refractivity contribution in [2.75, 3.05) is 0 Å². The molecule has 2 aliphatic rings. The van der Waals surface area contributed by atoms with E-state index in [1.165, 1.54) is 12.8 Å². The normalized spacial score (nSPS) is 24.6. The van der Waals surface area contributed by atoms with Crippen molar-refractivity contribution in [2.45, 2.75) is 50.7 Å². The molecule has 0 spiro atoms. The summed E-state index contributed by atoms with van der Waals surface area (Å²) in [6.07, 6.45) is 9.23. The lowest BCUT2D eigenvalue weighted by Crippen LogP contribution is -2.39. The van der Waals surface area contributed by atoms with Crippen molar-refractivity contribution in [1.82, 2.24) is 20.4 Å². The number of nitrogens with zero attached hydrogens (tertiary/aromatic N) is 2. The third kappa shape index (κ3) is 4.41. The van der Waals surface area contributed by atoms with Crippen LogP contribution >= 0.6 is 12.4 Å². The summed E-state index contributed by atoms with van der Waals surface area (Å²) in [7, 11) is 0. The highest BCUT2D eigenvalue weighted by Gasteiger charge is 2.34. The summed E-state index contributed by atoms with van der Waals surface area (Å²) >= 11 is 0. The van der Waals surface area contributed by atoms with Gasteiger partial charge in [-0.1, -0.05) is 12.1 Å². The van der Waals surface area contributed by atoms with Gasteiger partial charge in [-0.3, -0.25) is 4.79 Å². The SMILES string of the molecule is Cl.O=C(CC1CC2CCC(C1)N2)NCc1ccc(-n2cccn2)cc1. The first-order valence-corrected chi connectivity index (χ1v) is 8.88. The van der Waals surface area contributed by atoms with E-state index >= 15 is 0 Å². The molecule has 25 heavy (non-hydrogen) atoms. The highest BCUT2D eigenvalue weighted by atomic mass is 35.5. The lowest BCUT2D eigenvalue weighted by Gasteiger charge is -2.28. The zero-order valence-corrected chi connectivity index (χ0v) is 15.0. The quantitative estimate of drug-likeness (QED) is 0.862. The Bertz CT molecular complexity index is 674. The summed E-state index contributed by atoms with van der Waals surface area (Å²) in [5.74, 6) is 0.725. The standard InChI is InChI=1S/C19H24N4O.ClH/c24-19(12-15-10-16-4-5-17(11-15)22-16)20-13-14-2-6-18(7-3-14)23-9-1-8-21-23;/h1-3,6-9,15-17,22H,4-5,10-13H2,(H,20,24);1H. The van der Waals surface area contributed by atoms with Crippen molar-refractivity contribution in [3.05, 3.63) is 48.3 Å². The molecule has 2 aromatic rings. The number of aromatic nitrogens is 2. The second kappa shape index (κ2) is 8.02. The van der Waals surface area contributed by atoms with E-state index in [0.29, 0.717) is 31.0 Å². The fraction of sp³-hybridized carbons (Fsp3) is 0.474. The van der Waals surface area contributed by atoms with E-state index in [9.17, 15) is 4.79 Å². The molecule has 2 bridgehead atoms. The highest BCUT2D eigenvalue weighted by Crippen LogP contribution is 2.32. The molecule has 2 aliphatic heterocycles. The van der Waals surface area contributed by atoms with Gasteiger partial charge in [-0.2, -0.15) is 5.10 Å². The van der Waals surface area contributed by atoms with Gasteiger partial charge in [0.15, 0.2) is 0 Å². The molecule has 4 rings (SSSR count). The summed E-state index contributed by atoms with van der Waals surface area (Å²) in [5.41, 5.74) is 2.14. The molecule has 3 heterocycles. The van der Waals surface area contributed by atoms with Crippen molar-refractivity contribution in [1.29, 1.82) is 0 Å². The number of amides is 1. The van der Waals surface area contributed by atoms with Crippen LogP contribution in [0.2, 0.25) is 0 Å². The van der Waals surface area contributed by atoms with Gasteiger partial charge in [0.1, 0.15) is 0 Å². The average molecular weight is 361 g/mol. The molecule has 5 nitrogen and oxygen atoms in total. The van der Waals surface area contributed by atoms with Gasteiger partial charge in [-0.05, 0) is 55.4 Å². The molecule has 2 atom stereocenters. The molecule has 1 amide bonds. The zero-order chi connectivity index (χ0) is 16.4. The summed E-state index contributed by atoms with van der Waals surface area (Å²) < 4.78 is 1.83. The maximum atomic E-state index is 12.2. The highest BCUT2D eigenvalue weighted by molar-refractivity contribution is 5.85. The number of benzene rings is 1. The summed E-state index contributed by atoms with van der Waals surface area (Å²) in [6.45, 7) is 0.593. The summed E-state index contributed by atoms with van der Waals surface area (Å²) in [6, 6.07) is 11.3. The number of halogens is 1. The molecule has 1 aromatic heterocycles. The maximum absolute atomic E-state index is 12.2. The van der Waals surface area contributed by atoms with Crippen LogP contribution in [0.4, 0.5) is 0 Å². The lowest BCUT2D eigenvalue weighted by atomic mass is 9.89. The van der Waals surface area contributed by atoms with Crippen LogP contribution in [-0.4, -0.2) is 27.8 Å². The van der Waals surface area contributed by atoms with Gasteiger partial charge in [0.2, 0.25) is 5.91 Å².